The number of rotatable bonds is 3. The monoisotopic (exact) mass is 349 g/mol. The van der Waals surface area contributed by atoms with Crippen LogP contribution in [0.25, 0.3) is 11.4 Å². The van der Waals surface area contributed by atoms with Crippen LogP contribution in [0.2, 0.25) is 0 Å². The van der Waals surface area contributed by atoms with Gasteiger partial charge in [0.05, 0.1) is 0 Å². The maximum atomic E-state index is 13.3. The van der Waals surface area contributed by atoms with E-state index in [1.165, 1.54) is 43.6 Å². The lowest BCUT2D eigenvalue weighted by Gasteiger charge is -2.11. The summed E-state index contributed by atoms with van der Waals surface area (Å²) in [6.07, 6.45) is -1.84. The molecule has 1 aromatic carbocycles. The summed E-state index contributed by atoms with van der Waals surface area (Å²) in [6.45, 7) is 1.52. The Hall–Kier alpha value is -3.03. The fraction of sp³-hybridized carbons (Fsp3) is 0.118. The second kappa shape index (κ2) is 6.46. The minimum atomic E-state index is -4.67. The number of benzene rings is 1. The molecule has 0 spiro atoms. The van der Waals surface area contributed by atoms with Crippen molar-refractivity contribution in [1.82, 2.24) is 15.0 Å². The van der Waals surface area contributed by atoms with E-state index >= 15 is 0 Å². The van der Waals surface area contributed by atoms with Gasteiger partial charge in [0.25, 0.3) is 0 Å². The maximum Gasteiger partial charge on any atom is 0.433 e. The molecule has 0 aliphatic carbocycles. The van der Waals surface area contributed by atoms with Crippen molar-refractivity contribution in [3.8, 4) is 23.0 Å². The van der Waals surface area contributed by atoms with Gasteiger partial charge in [0.2, 0.25) is 5.88 Å². The lowest BCUT2D eigenvalue weighted by Crippen LogP contribution is -2.10. The molecule has 0 aliphatic heterocycles. The van der Waals surface area contributed by atoms with E-state index in [1.807, 2.05) is 0 Å². The van der Waals surface area contributed by atoms with E-state index in [4.69, 9.17) is 4.74 Å². The number of pyridine rings is 1. The smallest absolute Gasteiger partial charge is 0.433 e. The molecule has 3 rings (SSSR count). The molecule has 4 nitrogen and oxygen atoms in total. The van der Waals surface area contributed by atoms with E-state index in [0.29, 0.717) is 17.2 Å². The highest BCUT2D eigenvalue weighted by molar-refractivity contribution is 5.54. The molecule has 0 radical (unpaired) electrons. The molecular formula is C17H11F4N3O. The third-order valence-electron chi connectivity index (χ3n) is 3.26. The lowest BCUT2D eigenvalue weighted by atomic mass is 10.2. The summed E-state index contributed by atoms with van der Waals surface area (Å²) in [5, 5.41) is 0. The van der Waals surface area contributed by atoms with E-state index in [0.717, 1.165) is 0 Å². The van der Waals surface area contributed by atoms with Gasteiger partial charge >= 0.3 is 6.18 Å². The fourth-order valence-electron chi connectivity index (χ4n) is 2.05. The molecular weight excluding hydrogens is 338 g/mol. The van der Waals surface area contributed by atoms with Crippen LogP contribution in [0, 0.1) is 12.7 Å². The zero-order valence-electron chi connectivity index (χ0n) is 12.9. The summed E-state index contributed by atoms with van der Waals surface area (Å²) >= 11 is 0. The zero-order chi connectivity index (χ0) is 18.0. The Morgan fingerprint density at radius 3 is 2.48 bits per heavy atom. The number of hydrogen-bond acceptors (Lipinski definition) is 4. The summed E-state index contributed by atoms with van der Waals surface area (Å²) < 4.78 is 58.0. The second-order valence-corrected chi connectivity index (χ2v) is 5.17. The van der Waals surface area contributed by atoms with Crippen LogP contribution in [0.3, 0.4) is 0 Å². The number of aryl methyl sites for hydroxylation is 1. The Bertz CT molecular complexity index is 898. The maximum absolute atomic E-state index is 13.3. The number of halogens is 4. The van der Waals surface area contributed by atoms with E-state index < -0.39 is 17.7 Å². The van der Waals surface area contributed by atoms with Gasteiger partial charge in [-0.25, -0.2) is 9.37 Å². The van der Waals surface area contributed by atoms with Gasteiger partial charge in [-0.3, -0.25) is 4.98 Å². The molecule has 0 fully saturated rings. The predicted molar refractivity (Wildman–Crippen MR) is 81.5 cm³/mol. The van der Waals surface area contributed by atoms with Gasteiger partial charge in [-0.15, -0.1) is 0 Å². The molecule has 0 saturated heterocycles. The molecule has 128 valence electrons. The normalized spacial score (nSPS) is 11.4. The third-order valence-corrected chi connectivity index (χ3v) is 3.26. The highest BCUT2D eigenvalue weighted by Crippen LogP contribution is 2.32. The first kappa shape index (κ1) is 16.8. The Labute approximate surface area is 140 Å². The van der Waals surface area contributed by atoms with Crippen molar-refractivity contribution in [2.75, 3.05) is 0 Å². The molecule has 0 amide bonds. The molecule has 0 bridgehead atoms. The minimum absolute atomic E-state index is 0.169. The second-order valence-electron chi connectivity index (χ2n) is 5.17. The van der Waals surface area contributed by atoms with Gasteiger partial charge in [0.15, 0.2) is 11.5 Å². The van der Waals surface area contributed by atoms with Gasteiger partial charge < -0.3 is 4.74 Å². The molecule has 0 atom stereocenters. The van der Waals surface area contributed by atoms with Crippen LogP contribution in [0.4, 0.5) is 17.6 Å². The number of alkyl halides is 3. The largest absolute Gasteiger partial charge is 0.439 e. The number of nitrogens with zero attached hydrogens (tertiary/aromatic N) is 3. The van der Waals surface area contributed by atoms with Crippen molar-refractivity contribution < 1.29 is 22.3 Å². The summed E-state index contributed by atoms with van der Waals surface area (Å²) in [7, 11) is 0. The quantitative estimate of drug-likeness (QED) is 0.638. The predicted octanol–water partition coefficient (Wildman–Crippen LogP) is 4.80. The number of aromatic nitrogens is 3. The molecule has 2 heterocycles. The summed E-state index contributed by atoms with van der Waals surface area (Å²) in [5.41, 5.74) is -0.529. The molecule has 25 heavy (non-hydrogen) atoms. The van der Waals surface area contributed by atoms with E-state index in [2.05, 4.69) is 15.0 Å². The minimum Gasteiger partial charge on any atom is -0.439 e. The Kier molecular flexibility index (Phi) is 4.35. The summed E-state index contributed by atoms with van der Waals surface area (Å²) in [6, 6.07) is 7.63. The summed E-state index contributed by atoms with van der Waals surface area (Å²) in [5.74, 6) is -0.742. The van der Waals surface area contributed by atoms with Crippen LogP contribution in [-0.4, -0.2) is 15.0 Å². The van der Waals surface area contributed by atoms with Gasteiger partial charge in [-0.1, -0.05) is 0 Å². The third kappa shape index (κ3) is 3.90. The SMILES string of the molecule is Cc1cc(Oc2cc(C(F)(F)F)nc(-c3cccnc3)n2)ccc1F. The van der Waals surface area contributed by atoms with Crippen molar-refractivity contribution in [1.29, 1.82) is 0 Å². The topological polar surface area (TPSA) is 47.9 Å². The van der Waals surface area contributed by atoms with Crippen molar-refractivity contribution in [2.45, 2.75) is 13.1 Å². The van der Waals surface area contributed by atoms with Crippen LogP contribution in [-0.2, 0) is 6.18 Å². The van der Waals surface area contributed by atoms with Crippen molar-refractivity contribution in [2.24, 2.45) is 0 Å². The fourth-order valence-corrected chi connectivity index (χ4v) is 2.05. The molecule has 0 N–H and O–H groups in total. The Morgan fingerprint density at radius 2 is 1.84 bits per heavy atom. The van der Waals surface area contributed by atoms with Crippen LogP contribution >= 0.6 is 0 Å². The molecule has 0 saturated carbocycles. The van der Waals surface area contributed by atoms with E-state index in [9.17, 15) is 17.6 Å². The van der Waals surface area contributed by atoms with Crippen LogP contribution < -0.4 is 4.74 Å². The first-order valence-electron chi connectivity index (χ1n) is 7.13. The van der Waals surface area contributed by atoms with Crippen LogP contribution in [0.1, 0.15) is 11.3 Å². The van der Waals surface area contributed by atoms with Crippen molar-refractivity contribution >= 4 is 0 Å². The first-order valence-corrected chi connectivity index (χ1v) is 7.13. The van der Waals surface area contributed by atoms with Gasteiger partial charge in [-0.2, -0.15) is 18.2 Å². The van der Waals surface area contributed by atoms with Gasteiger partial charge in [0, 0.05) is 24.0 Å². The number of hydrogen-bond donors (Lipinski definition) is 0. The standard InChI is InChI=1S/C17H11F4N3O/c1-10-7-12(4-5-13(10)18)25-15-8-14(17(19,20)21)23-16(24-15)11-3-2-6-22-9-11/h2-9H,1H3. The van der Waals surface area contributed by atoms with Crippen LogP contribution in [0.5, 0.6) is 11.6 Å². The highest BCUT2D eigenvalue weighted by atomic mass is 19.4. The van der Waals surface area contributed by atoms with Crippen LogP contribution in [0.15, 0.2) is 48.8 Å². The first-order chi connectivity index (χ1) is 11.8. The molecule has 0 unspecified atom stereocenters. The zero-order valence-corrected chi connectivity index (χ0v) is 12.9. The van der Waals surface area contributed by atoms with E-state index in [-0.39, 0.29) is 17.5 Å². The highest BCUT2D eigenvalue weighted by Gasteiger charge is 2.34. The average Bonchev–Trinajstić information content (AvgIpc) is 2.58. The Morgan fingerprint density at radius 1 is 1.04 bits per heavy atom. The molecule has 0 aliphatic rings. The summed E-state index contributed by atoms with van der Waals surface area (Å²) in [4.78, 5) is 11.4. The van der Waals surface area contributed by atoms with Crippen molar-refractivity contribution in [3.63, 3.8) is 0 Å². The molecule has 8 heteroatoms. The molecule has 3 aromatic rings. The van der Waals surface area contributed by atoms with Gasteiger partial charge in [0.1, 0.15) is 11.6 Å². The van der Waals surface area contributed by atoms with Gasteiger partial charge in [-0.05, 0) is 42.8 Å². The number of ether oxygens (including phenoxy) is 1. The molecule has 2 aromatic heterocycles. The average molecular weight is 349 g/mol. The van der Waals surface area contributed by atoms with Crippen molar-refractivity contribution in [3.05, 3.63) is 65.9 Å². The van der Waals surface area contributed by atoms with E-state index in [1.54, 1.807) is 6.07 Å². The lowest BCUT2D eigenvalue weighted by molar-refractivity contribution is -0.141. The Balaban J connectivity index is 2.04.